The summed E-state index contributed by atoms with van der Waals surface area (Å²) in [5, 5.41) is 3.59. The minimum atomic E-state index is -0.882. The zero-order valence-electron chi connectivity index (χ0n) is 13.2. The molecule has 1 saturated heterocycles. The average Bonchev–Trinajstić information content (AvgIpc) is 2.62. The van der Waals surface area contributed by atoms with Crippen LogP contribution in [0.4, 0.5) is 0 Å². The van der Waals surface area contributed by atoms with Crippen molar-refractivity contribution in [1.82, 2.24) is 15.2 Å². The molecule has 0 spiro atoms. The van der Waals surface area contributed by atoms with Crippen molar-refractivity contribution in [3.05, 3.63) is 42.1 Å². The number of ether oxygens (including phenoxy) is 1. The van der Waals surface area contributed by atoms with Crippen LogP contribution in [-0.2, 0) is 14.3 Å². The molecule has 0 radical (unpaired) electrons. The second-order valence-electron chi connectivity index (χ2n) is 5.47. The maximum atomic E-state index is 12.8. The predicted molar refractivity (Wildman–Crippen MR) is 86.2 cm³/mol. The van der Waals surface area contributed by atoms with Gasteiger partial charge in [0, 0.05) is 18.5 Å². The van der Waals surface area contributed by atoms with Crippen molar-refractivity contribution in [3.63, 3.8) is 0 Å². The molecule has 0 bridgehead atoms. The highest BCUT2D eigenvalue weighted by atomic mass is 16.5. The summed E-state index contributed by atoms with van der Waals surface area (Å²) in [7, 11) is 1.25. The number of methoxy groups -OCH3 is 1. The topological polar surface area (TPSA) is 88.6 Å². The molecule has 0 aliphatic carbocycles. The van der Waals surface area contributed by atoms with Gasteiger partial charge in [0.05, 0.1) is 19.0 Å². The fraction of sp³-hybridized carbons (Fsp3) is 0.294. The summed E-state index contributed by atoms with van der Waals surface area (Å²) < 4.78 is 4.62. The molecule has 0 unspecified atom stereocenters. The van der Waals surface area contributed by atoms with Crippen molar-refractivity contribution in [3.8, 4) is 0 Å². The number of para-hydroxylation sites is 1. The van der Waals surface area contributed by atoms with Gasteiger partial charge in [0.1, 0.15) is 11.7 Å². The van der Waals surface area contributed by atoms with Crippen LogP contribution in [0.15, 0.2) is 36.4 Å². The smallest absolute Gasteiger partial charge is 0.308 e. The molecule has 1 atom stereocenters. The van der Waals surface area contributed by atoms with E-state index in [0.717, 1.165) is 5.39 Å². The Labute approximate surface area is 138 Å². The number of pyridine rings is 1. The first kappa shape index (κ1) is 15.9. The summed E-state index contributed by atoms with van der Waals surface area (Å²) in [6.45, 7) is 0.663. The van der Waals surface area contributed by atoms with Gasteiger partial charge in [0.25, 0.3) is 5.91 Å². The number of carbonyl (C=O) groups excluding carboxylic acids is 3. The van der Waals surface area contributed by atoms with E-state index in [9.17, 15) is 14.4 Å². The highest BCUT2D eigenvalue weighted by Gasteiger charge is 2.35. The zero-order chi connectivity index (χ0) is 17.1. The van der Waals surface area contributed by atoms with Crippen LogP contribution < -0.4 is 5.32 Å². The van der Waals surface area contributed by atoms with E-state index in [1.165, 1.54) is 12.0 Å². The van der Waals surface area contributed by atoms with Crippen molar-refractivity contribution in [2.45, 2.75) is 12.5 Å². The Balaban J connectivity index is 1.89. The van der Waals surface area contributed by atoms with Crippen LogP contribution in [0.2, 0.25) is 0 Å². The number of carbonyl (C=O) groups is 3. The Morgan fingerprint density at radius 1 is 1.29 bits per heavy atom. The monoisotopic (exact) mass is 327 g/mol. The third kappa shape index (κ3) is 3.05. The van der Waals surface area contributed by atoms with Crippen LogP contribution in [0.1, 0.15) is 16.9 Å². The van der Waals surface area contributed by atoms with Crippen molar-refractivity contribution >= 4 is 28.7 Å². The first-order chi connectivity index (χ1) is 11.6. The van der Waals surface area contributed by atoms with E-state index < -0.39 is 12.0 Å². The molecule has 1 fully saturated rings. The average molecular weight is 327 g/mol. The van der Waals surface area contributed by atoms with Gasteiger partial charge in [-0.15, -0.1) is 0 Å². The van der Waals surface area contributed by atoms with Crippen molar-refractivity contribution in [2.75, 3.05) is 20.2 Å². The number of benzene rings is 1. The van der Waals surface area contributed by atoms with Gasteiger partial charge in [-0.05, 0) is 12.1 Å². The van der Waals surface area contributed by atoms with Gasteiger partial charge in [-0.3, -0.25) is 14.4 Å². The summed E-state index contributed by atoms with van der Waals surface area (Å²) in [5.74, 6) is -1.27. The van der Waals surface area contributed by atoms with Crippen LogP contribution in [-0.4, -0.2) is 53.9 Å². The number of amides is 2. The van der Waals surface area contributed by atoms with E-state index >= 15 is 0 Å². The van der Waals surface area contributed by atoms with E-state index in [1.54, 1.807) is 6.07 Å². The molecule has 1 aliphatic heterocycles. The van der Waals surface area contributed by atoms with E-state index in [1.807, 2.05) is 30.3 Å². The van der Waals surface area contributed by atoms with E-state index in [2.05, 4.69) is 15.0 Å². The van der Waals surface area contributed by atoms with Crippen molar-refractivity contribution < 1.29 is 19.1 Å². The third-order valence-electron chi connectivity index (χ3n) is 4.00. The number of piperazine rings is 1. The maximum Gasteiger partial charge on any atom is 0.308 e. The Morgan fingerprint density at radius 3 is 2.88 bits per heavy atom. The molecule has 1 N–H and O–H groups in total. The summed E-state index contributed by atoms with van der Waals surface area (Å²) in [6, 6.07) is 10.0. The van der Waals surface area contributed by atoms with Crippen LogP contribution in [0.5, 0.6) is 0 Å². The molecule has 24 heavy (non-hydrogen) atoms. The Kier molecular flexibility index (Phi) is 4.41. The summed E-state index contributed by atoms with van der Waals surface area (Å²) in [4.78, 5) is 42.2. The highest BCUT2D eigenvalue weighted by Crippen LogP contribution is 2.17. The van der Waals surface area contributed by atoms with Gasteiger partial charge < -0.3 is 15.0 Å². The van der Waals surface area contributed by atoms with E-state index in [-0.39, 0.29) is 23.9 Å². The van der Waals surface area contributed by atoms with E-state index in [0.29, 0.717) is 18.6 Å². The molecular weight excluding hydrogens is 310 g/mol. The number of fused-ring (bicyclic) bond motifs is 1. The summed E-state index contributed by atoms with van der Waals surface area (Å²) in [5.41, 5.74) is 0.951. The number of esters is 1. The molecule has 2 aromatic rings. The first-order valence-corrected chi connectivity index (χ1v) is 7.61. The number of rotatable bonds is 3. The molecule has 7 nitrogen and oxygen atoms in total. The normalized spacial score (nSPS) is 17.5. The molecule has 1 aromatic carbocycles. The minimum absolute atomic E-state index is 0.179. The van der Waals surface area contributed by atoms with Crippen molar-refractivity contribution in [2.24, 2.45) is 0 Å². The minimum Gasteiger partial charge on any atom is -0.469 e. The Hall–Kier alpha value is -2.96. The van der Waals surface area contributed by atoms with Gasteiger partial charge in [0.15, 0.2) is 0 Å². The van der Waals surface area contributed by atoms with Gasteiger partial charge in [0.2, 0.25) is 5.91 Å². The second-order valence-corrected chi connectivity index (χ2v) is 5.47. The summed E-state index contributed by atoms with van der Waals surface area (Å²) >= 11 is 0. The molecule has 1 aromatic heterocycles. The molecule has 124 valence electrons. The number of hydrogen-bond acceptors (Lipinski definition) is 5. The van der Waals surface area contributed by atoms with Crippen LogP contribution in [0, 0.1) is 0 Å². The molecule has 0 saturated carbocycles. The lowest BCUT2D eigenvalue weighted by Gasteiger charge is -2.34. The fourth-order valence-corrected chi connectivity index (χ4v) is 2.73. The second kappa shape index (κ2) is 6.66. The SMILES string of the molecule is COC(=O)C[C@H]1C(=O)NCCN1C(=O)c1ccc2ccccc2n1. The quantitative estimate of drug-likeness (QED) is 0.840. The van der Waals surface area contributed by atoms with Crippen molar-refractivity contribution in [1.29, 1.82) is 0 Å². The first-order valence-electron chi connectivity index (χ1n) is 7.61. The molecule has 1 aliphatic rings. The molecule has 3 rings (SSSR count). The van der Waals surface area contributed by atoms with Crippen LogP contribution in [0.25, 0.3) is 10.9 Å². The third-order valence-corrected chi connectivity index (χ3v) is 4.00. The number of hydrogen-bond donors (Lipinski definition) is 1. The lowest BCUT2D eigenvalue weighted by atomic mass is 10.1. The molecule has 7 heteroatoms. The fourth-order valence-electron chi connectivity index (χ4n) is 2.73. The van der Waals surface area contributed by atoms with Gasteiger partial charge in [-0.2, -0.15) is 0 Å². The lowest BCUT2D eigenvalue weighted by molar-refractivity contribution is -0.145. The number of nitrogens with one attached hydrogen (secondary N) is 1. The maximum absolute atomic E-state index is 12.8. The number of aromatic nitrogens is 1. The lowest BCUT2D eigenvalue weighted by Crippen LogP contribution is -2.58. The highest BCUT2D eigenvalue weighted by molar-refractivity contribution is 5.99. The van der Waals surface area contributed by atoms with Crippen LogP contribution >= 0.6 is 0 Å². The van der Waals surface area contributed by atoms with Gasteiger partial charge >= 0.3 is 5.97 Å². The zero-order valence-corrected chi connectivity index (χ0v) is 13.2. The van der Waals surface area contributed by atoms with Gasteiger partial charge in [-0.25, -0.2) is 4.98 Å². The molecule has 2 amide bonds. The van der Waals surface area contributed by atoms with E-state index in [4.69, 9.17) is 0 Å². The standard InChI is InChI=1S/C17H17N3O4/c1-24-15(21)10-14-16(22)18-8-9-20(14)17(23)13-7-6-11-4-2-3-5-12(11)19-13/h2-7,14H,8-10H2,1H3,(H,18,22)/t14-/m0/s1. The summed E-state index contributed by atoms with van der Waals surface area (Å²) in [6.07, 6.45) is -0.179. The molecule has 2 heterocycles. The Bertz CT molecular complexity index is 805. The predicted octanol–water partition coefficient (Wildman–Crippen LogP) is 0.739. The largest absolute Gasteiger partial charge is 0.469 e. The van der Waals surface area contributed by atoms with Gasteiger partial charge in [-0.1, -0.05) is 24.3 Å². The molecular formula is C17H17N3O4. The Morgan fingerprint density at radius 2 is 2.08 bits per heavy atom. The van der Waals surface area contributed by atoms with Crippen LogP contribution in [0.3, 0.4) is 0 Å². The number of nitrogens with zero attached hydrogens (tertiary/aromatic N) is 2.